The summed E-state index contributed by atoms with van der Waals surface area (Å²) in [6.07, 6.45) is 9.11. The smallest absolute Gasteiger partial charge is 0.334 e. The van der Waals surface area contributed by atoms with Gasteiger partial charge in [0.25, 0.3) is 5.56 Å². The quantitative estimate of drug-likeness (QED) is 0.239. The van der Waals surface area contributed by atoms with Crippen LogP contribution >= 0.6 is 0 Å². The highest BCUT2D eigenvalue weighted by molar-refractivity contribution is 6.09. The number of aromatic nitrogens is 2. The van der Waals surface area contributed by atoms with E-state index in [9.17, 15) is 14.7 Å². The molecule has 2 N–H and O–H groups in total. The summed E-state index contributed by atoms with van der Waals surface area (Å²) in [7, 11) is 4.64. The van der Waals surface area contributed by atoms with Crippen LogP contribution in [0.5, 0.6) is 23.1 Å². The predicted molar refractivity (Wildman–Crippen MR) is 167 cm³/mol. The lowest BCUT2D eigenvalue weighted by atomic mass is 9.94. The number of hydrogen-bond acceptors (Lipinski definition) is 7. The number of rotatable bonds is 9. The second-order valence-electron chi connectivity index (χ2n) is 11.3. The van der Waals surface area contributed by atoms with Gasteiger partial charge in [0.1, 0.15) is 11.4 Å². The number of methoxy groups -OCH3 is 3. The van der Waals surface area contributed by atoms with Gasteiger partial charge in [-0.05, 0) is 55.5 Å². The van der Waals surface area contributed by atoms with Crippen molar-refractivity contribution in [1.82, 2.24) is 9.13 Å². The van der Waals surface area contributed by atoms with Gasteiger partial charge in [-0.1, -0.05) is 56.7 Å². The molecule has 2 fully saturated rings. The third kappa shape index (κ3) is 6.43. The van der Waals surface area contributed by atoms with Crippen molar-refractivity contribution in [1.29, 1.82) is 0 Å². The highest BCUT2D eigenvalue weighted by atomic mass is 16.5. The highest BCUT2D eigenvalue weighted by Gasteiger charge is 2.31. The van der Waals surface area contributed by atoms with Gasteiger partial charge in [-0.2, -0.15) is 0 Å². The number of anilines is 1. The summed E-state index contributed by atoms with van der Waals surface area (Å²) in [6.45, 7) is 0.136. The first-order valence-corrected chi connectivity index (χ1v) is 15.2. The van der Waals surface area contributed by atoms with E-state index in [-0.39, 0.29) is 35.9 Å². The van der Waals surface area contributed by atoms with Crippen LogP contribution in [0.4, 0.5) is 5.69 Å². The lowest BCUT2D eigenvalue weighted by molar-refractivity contribution is 0.271. The molecular weight excluding hydrogens is 548 g/mol. The van der Waals surface area contributed by atoms with Gasteiger partial charge in [-0.3, -0.25) is 18.9 Å². The first-order valence-electron chi connectivity index (χ1n) is 15.2. The molecule has 2 aromatic carbocycles. The Balaban J connectivity index is 1.69. The number of hydrogen-bond donors (Lipinski definition) is 2. The summed E-state index contributed by atoms with van der Waals surface area (Å²) < 4.78 is 19.4. The van der Waals surface area contributed by atoms with Crippen LogP contribution in [0.25, 0.3) is 0 Å². The molecule has 0 bridgehead atoms. The fourth-order valence-corrected chi connectivity index (χ4v) is 6.40. The van der Waals surface area contributed by atoms with Crippen molar-refractivity contribution in [2.75, 3.05) is 26.6 Å². The molecule has 0 spiro atoms. The minimum atomic E-state index is -0.520. The van der Waals surface area contributed by atoms with E-state index in [0.29, 0.717) is 22.9 Å². The molecule has 0 amide bonds. The van der Waals surface area contributed by atoms with Gasteiger partial charge in [0.15, 0.2) is 11.5 Å². The van der Waals surface area contributed by atoms with Crippen molar-refractivity contribution in [2.45, 2.75) is 82.8 Å². The van der Waals surface area contributed by atoms with Crippen LogP contribution in [-0.2, 0) is 6.54 Å². The van der Waals surface area contributed by atoms with Crippen LogP contribution in [0.2, 0.25) is 0 Å². The van der Waals surface area contributed by atoms with Crippen molar-refractivity contribution >= 4 is 11.5 Å². The van der Waals surface area contributed by atoms with E-state index in [4.69, 9.17) is 19.2 Å². The molecule has 10 heteroatoms. The van der Waals surface area contributed by atoms with E-state index in [1.807, 2.05) is 30.3 Å². The molecule has 10 nitrogen and oxygen atoms in total. The van der Waals surface area contributed by atoms with E-state index in [1.54, 1.807) is 33.5 Å². The molecule has 0 atom stereocenters. The van der Waals surface area contributed by atoms with Gasteiger partial charge in [0, 0.05) is 17.8 Å². The monoisotopic (exact) mass is 590 g/mol. The Kier molecular flexibility index (Phi) is 9.74. The lowest BCUT2D eigenvalue weighted by Gasteiger charge is -2.29. The summed E-state index contributed by atoms with van der Waals surface area (Å²) in [6, 6.07) is 12.6. The fraction of sp³-hybridized carbons (Fsp3) is 0.485. The molecule has 2 saturated carbocycles. The standard InChI is InChI=1S/C33H42N4O6/c1-41-26-19-22(20-27(42-2)29(26)43-3)21-34-30(35-23-13-7-4-8-14-23)28-31(38)36(24-15-9-5-10-16-24)33(40)37(32(28)39)25-17-11-6-12-18-25/h4,7-8,13-14,19-20,24-25,38H,5-6,9-12,15-18,21H2,1-3H3,(H,34,35). The highest BCUT2D eigenvalue weighted by Crippen LogP contribution is 2.38. The summed E-state index contributed by atoms with van der Waals surface area (Å²) in [5, 5.41) is 15.1. The van der Waals surface area contributed by atoms with E-state index >= 15 is 0 Å². The van der Waals surface area contributed by atoms with E-state index in [0.717, 1.165) is 69.8 Å². The van der Waals surface area contributed by atoms with Crippen molar-refractivity contribution in [3.05, 3.63) is 74.4 Å². The van der Waals surface area contributed by atoms with Gasteiger partial charge in [-0.25, -0.2) is 4.79 Å². The largest absolute Gasteiger partial charge is 0.494 e. The maximum Gasteiger partial charge on any atom is 0.334 e. The number of aliphatic imine (C=N–C) groups is 1. The van der Waals surface area contributed by atoms with Crippen molar-refractivity contribution in [2.24, 2.45) is 4.99 Å². The number of para-hydroxylation sites is 1. The number of benzene rings is 2. The third-order valence-corrected chi connectivity index (χ3v) is 8.59. The van der Waals surface area contributed by atoms with Crippen LogP contribution in [0.1, 0.15) is 87.4 Å². The van der Waals surface area contributed by atoms with E-state index in [1.165, 1.54) is 9.13 Å². The number of aromatic hydroxyl groups is 1. The average Bonchev–Trinajstić information content (AvgIpc) is 3.04. The van der Waals surface area contributed by atoms with Crippen LogP contribution < -0.4 is 30.8 Å². The fourth-order valence-electron chi connectivity index (χ4n) is 6.40. The van der Waals surface area contributed by atoms with Crippen molar-refractivity contribution in [3.8, 4) is 23.1 Å². The molecule has 0 unspecified atom stereocenters. The van der Waals surface area contributed by atoms with Crippen molar-refractivity contribution in [3.63, 3.8) is 0 Å². The topological polar surface area (TPSA) is 116 Å². The molecule has 1 heterocycles. The van der Waals surface area contributed by atoms with Gasteiger partial charge in [0.2, 0.25) is 11.6 Å². The molecule has 0 saturated heterocycles. The van der Waals surface area contributed by atoms with Gasteiger partial charge in [0.05, 0.1) is 27.9 Å². The Labute approximate surface area is 252 Å². The first-order chi connectivity index (χ1) is 21.0. The number of nitrogens with one attached hydrogen (secondary N) is 1. The SMILES string of the molecule is COc1cc(CN=C(Nc2ccccc2)c2c(O)n(C3CCCCC3)c(=O)n(C3CCCCC3)c2=O)cc(OC)c1OC. The maximum atomic E-state index is 14.3. The predicted octanol–water partition coefficient (Wildman–Crippen LogP) is 5.81. The number of amidine groups is 1. The number of ether oxygens (including phenoxy) is 3. The normalized spacial score (nSPS) is 16.6. The molecule has 3 aromatic rings. The molecule has 0 aliphatic heterocycles. The minimum absolute atomic E-state index is 0.00652. The lowest BCUT2D eigenvalue weighted by Crippen LogP contribution is -2.47. The summed E-state index contributed by atoms with van der Waals surface area (Å²) >= 11 is 0. The Morgan fingerprint density at radius 1 is 0.837 bits per heavy atom. The Morgan fingerprint density at radius 3 is 1.93 bits per heavy atom. The van der Waals surface area contributed by atoms with Crippen LogP contribution in [0.15, 0.2) is 57.0 Å². The van der Waals surface area contributed by atoms with Crippen LogP contribution in [-0.4, -0.2) is 41.4 Å². The van der Waals surface area contributed by atoms with E-state index < -0.39 is 11.2 Å². The second-order valence-corrected chi connectivity index (χ2v) is 11.3. The van der Waals surface area contributed by atoms with Crippen LogP contribution in [0, 0.1) is 0 Å². The maximum absolute atomic E-state index is 14.3. The molecule has 5 rings (SSSR count). The molecule has 2 aliphatic rings. The first kappa shape index (κ1) is 30.3. The Morgan fingerprint density at radius 2 is 1.40 bits per heavy atom. The molecule has 0 radical (unpaired) electrons. The van der Waals surface area contributed by atoms with E-state index in [2.05, 4.69) is 5.32 Å². The van der Waals surface area contributed by atoms with Gasteiger partial charge >= 0.3 is 5.69 Å². The zero-order valence-electron chi connectivity index (χ0n) is 25.3. The van der Waals surface area contributed by atoms with Crippen molar-refractivity contribution < 1.29 is 19.3 Å². The summed E-state index contributed by atoms with van der Waals surface area (Å²) in [4.78, 5) is 33.1. The third-order valence-electron chi connectivity index (χ3n) is 8.59. The van der Waals surface area contributed by atoms with Crippen LogP contribution in [0.3, 0.4) is 0 Å². The Hall–Kier alpha value is -4.21. The Bertz CT molecular complexity index is 1530. The second kappa shape index (κ2) is 13.8. The molecule has 2 aliphatic carbocycles. The molecular formula is C33H42N4O6. The van der Waals surface area contributed by atoms with Gasteiger partial charge in [-0.15, -0.1) is 0 Å². The number of nitrogens with zero attached hydrogens (tertiary/aromatic N) is 3. The zero-order valence-corrected chi connectivity index (χ0v) is 25.3. The summed E-state index contributed by atoms with van der Waals surface area (Å²) in [5.41, 5.74) is 0.508. The molecule has 230 valence electrons. The molecule has 43 heavy (non-hydrogen) atoms. The minimum Gasteiger partial charge on any atom is -0.494 e. The van der Waals surface area contributed by atoms with Gasteiger partial charge < -0.3 is 24.6 Å². The molecule has 1 aromatic heterocycles. The zero-order chi connectivity index (χ0) is 30.3. The summed E-state index contributed by atoms with van der Waals surface area (Å²) in [5.74, 6) is 1.29. The average molecular weight is 591 g/mol.